The van der Waals surface area contributed by atoms with Gasteiger partial charge in [0.05, 0.1) is 7.11 Å². The molecule has 0 fully saturated rings. The van der Waals surface area contributed by atoms with Crippen molar-refractivity contribution in [3.05, 3.63) is 79.6 Å². The summed E-state index contributed by atoms with van der Waals surface area (Å²) in [5.41, 5.74) is 2.12. The summed E-state index contributed by atoms with van der Waals surface area (Å²) in [6.45, 7) is 0. The van der Waals surface area contributed by atoms with Gasteiger partial charge in [0.2, 0.25) is 0 Å². The number of carbonyl (C=O) groups excluding carboxylic acids is 1. The third kappa shape index (κ3) is 4.71. The van der Waals surface area contributed by atoms with Crippen LogP contribution in [0.1, 0.15) is 0 Å². The fourth-order valence-corrected chi connectivity index (χ4v) is 2.73. The van der Waals surface area contributed by atoms with Gasteiger partial charge in [0.1, 0.15) is 30.0 Å². The second-order valence-electron chi connectivity index (χ2n) is 6.24. The van der Waals surface area contributed by atoms with Crippen molar-refractivity contribution in [3.8, 4) is 11.6 Å². The van der Waals surface area contributed by atoms with Crippen molar-refractivity contribution in [2.45, 2.75) is 0 Å². The number of carbonyl (C=O) groups is 1. The second-order valence-corrected chi connectivity index (χ2v) is 6.24. The Morgan fingerprint density at radius 1 is 0.967 bits per heavy atom. The SMILES string of the molecule is COc1cccc(NC(=O)Nc2ccc(Nc3cc(-n4ccnc4)ncn3)cc2)c1. The summed E-state index contributed by atoms with van der Waals surface area (Å²) in [6, 6.07) is 15.9. The molecule has 3 N–H and O–H groups in total. The number of nitrogens with zero attached hydrogens (tertiary/aromatic N) is 4. The van der Waals surface area contributed by atoms with E-state index >= 15 is 0 Å². The fourth-order valence-electron chi connectivity index (χ4n) is 2.73. The smallest absolute Gasteiger partial charge is 0.323 e. The van der Waals surface area contributed by atoms with Crippen molar-refractivity contribution >= 4 is 28.9 Å². The quantitative estimate of drug-likeness (QED) is 0.450. The number of hydrogen-bond acceptors (Lipinski definition) is 6. The zero-order chi connectivity index (χ0) is 20.8. The number of amides is 2. The molecule has 0 saturated heterocycles. The minimum absolute atomic E-state index is 0.343. The molecule has 0 aliphatic carbocycles. The summed E-state index contributed by atoms with van der Waals surface area (Å²) in [5, 5.41) is 8.77. The Labute approximate surface area is 172 Å². The van der Waals surface area contributed by atoms with Crippen LogP contribution in [0, 0.1) is 0 Å². The molecule has 4 aromatic rings. The maximum absolute atomic E-state index is 12.2. The molecule has 150 valence electrons. The molecule has 2 aromatic carbocycles. The van der Waals surface area contributed by atoms with Crippen LogP contribution < -0.4 is 20.7 Å². The average Bonchev–Trinajstić information content (AvgIpc) is 3.30. The Hall–Kier alpha value is -4.40. The number of ether oxygens (including phenoxy) is 1. The maximum atomic E-state index is 12.2. The molecule has 0 unspecified atom stereocenters. The number of methoxy groups -OCH3 is 1. The Kier molecular flexibility index (Phi) is 5.52. The van der Waals surface area contributed by atoms with Gasteiger partial charge in [-0.2, -0.15) is 0 Å². The molecule has 0 atom stereocenters. The first kappa shape index (κ1) is 18.9. The molecule has 0 saturated carbocycles. The van der Waals surface area contributed by atoms with Crippen molar-refractivity contribution < 1.29 is 9.53 Å². The number of benzene rings is 2. The van der Waals surface area contributed by atoms with Crippen molar-refractivity contribution in [3.63, 3.8) is 0 Å². The maximum Gasteiger partial charge on any atom is 0.323 e. The number of aromatic nitrogens is 4. The highest BCUT2D eigenvalue weighted by Crippen LogP contribution is 2.20. The number of nitrogens with one attached hydrogen (secondary N) is 3. The lowest BCUT2D eigenvalue weighted by Crippen LogP contribution is -2.19. The summed E-state index contributed by atoms with van der Waals surface area (Å²) >= 11 is 0. The molecule has 0 aliphatic rings. The number of anilines is 4. The van der Waals surface area contributed by atoms with Gasteiger partial charge in [0.15, 0.2) is 0 Å². The van der Waals surface area contributed by atoms with E-state index in [-0.39, 0.29) is 6.03 Å². The molecule has 4 rings (SSSR count). The molecule has 30 heavy (non-hydrogen) atoms. The van der Waals surface area contributed by atoms with Crippen molar-refractivity contribution in [2.75, 3.05) is 23.1 Å². The Morgan fingerprint density at radius 3 is 2.53 bits per heavy atom. The second kappa shape index (κ2) is 8.74. The lowest BCUT2D eigenvalue weighted by molar-refractivity contribution is 0.262. The first-order valence-corrected chi connectivity index (χ1v) is 9.09. The van der Waals surface area contributed by atoms with Crippen LogP contribution >= 0.6 is 0 Å². The van der Waals surface area contributed by atoms with Gasteiger partial charge >= 0.3 is 6.03 Å². The highest BCUT2D eigenvalue weighted by atomic mass is 16.5. The third-order valence-electron chi connectivity index (χ3n) is 4.16. The highest BCUT2D eigenvalue weighted by Gasteiger charge is 2.05. The van der Waals surface area contributed by atoms with Crippen LogP contribution in [0.3, 0.4) is 0 Å². The van der Waals surface area contributed by atoms with Gasteiger partial charge in [-0.3, -0.25) is 4.57 Å². The van der Waals surface area contributed by atoms with Gasteiger partial charge in [-0.1, -0.05) is 6.07 Å². The Bertz CT molecular complexity index is 1130. The van der Waals surface area contributed by atoms with Crippen LogP contribution in [-0.2, 0) is 0 Å². The number of rotatable bonds is 6. The van der Waals surface area contributed by atoms with Crippen LogP contribution in [0.25, 0.3) is 5.82 Å². The van der Waals surface area contributed by atoms with Crippen LogP contribution in [0.2, 0.25) is 0 Å². The largest absolute Gasteiger partial charge is 0.497 e. The monoisotopic (exact) mass is 401 g/mol. The molecular formula is C21H19N7O2. The van der Waals surface area contributed by atoms with Crippen LogP contribution in [-0.4, -0.2) is 32.7 Å². The normalized spacial score (nSPS) is 10.3. The average molecular weight is 401 g/mol. The van der Waals surface area contributed by atoms with Crippen molar-refractivity contribution in [2.24, 2.45) is 0 Å². The van der Waals surface area contributed by atoms with E-state index < -0.39 is 0 Å². The number of imidazole rings is 1. The van der Waals surface area contributed by atoms with E-state index in [2.05, 4.69) is 30.9 Å². The molecule has 2 heterocycles. The summed E-state index contributed by atoms with van der Waals surface area (Å²) < 4.78 is 6.95. The van der Waals surface area contributed by atoms with Gasteiger partial charge in [-0.05, 0) is 36.4 Å². The Balaban J connectivity index is 1.37. The summed E-state index contributed by atoms with van der Waals surface area (Å²) in [6.07, 6.45) is 6.65. The van der Waals surface area contributed by atoms with E-state index in [0.717, 1.165) is 5.69 Å². The molecule has 2 amide bonds. The standard InChI is InChI=1S/C21H19N7O2/c1-30-18-4-2-3-17(11-18)27-21(29)26-16-7-5-15(6-8-16)25-19-12-20(24-13-23-19)28-10-9-22-14-28/h2-14H,1H3,(H,23,24,25)(H2,26,27,29). The lowest BCUT2D eigenvalue weighted by Gasteiger charge is -2.10. The highest BCUT2D eigenvalue weighted by molar-refractivity contribution is 5.99. The molecule has 9 nitrogen and oxygen atoms in total. The molecule has 2 aromatic heterocycles. The summed E-state index contributed by atoms with van der Waals surface area (Å²) in [4.78, 5) is 24.7. The zero-order valence-corrected chi connectivity index (χ0v) is 16.1. The molecule has 0 bridgehead atoms. The molecule has 9 heteroatoms. The fraction of sp³-hybridized carbons (Fsp3) is 0.0476. The minimum atomic E-state index is -0.343. The molecular weight excluding hydrogens is 382 g/mol. The predicted molar refractivity (Wildman–Crippen MR) is 115 cm³/mol. The first-order valence-electron chi connectivity index (χ1n) is 9.09. The van der Waals surface area contributed by atoms with E-state index in [1.807, 2.05) is 30.5 Å². The first-order chi connectivity index (χ1) is 14.7. The van der Waals surface area contributed by atoms with E-state index in [1.165, 1.54) is 6.33 Å². The van der Waals surface area contributed by atoms with E-state index in [4.69, 9.17) is 4.74 Å². The van der Waals surface area contributed by atoms with Crippen LogP contribution in [0.4, 0.5) is 27.7 Å². The van der Waals surface area contributed by atoms with Crippen molar-refractivity contribution in [1.82, 2.24) is 19.5 Å². The summed E-state index contributed by atoms with van der Waals surface area (Å²) in [7, 11) is 1.58. The number of hydrogen-bond donors (Lipinski definition) is 3. The molecule has 0 radical (unpaired) electrons. The van der Waals surface area contributed by atoms with E-state index in [1.54, 1.807) is 54.5 Å². The number of urea groups is 1. The summed E-state index contributed by atoms with van der Waals surface area (Å²) in [5.74, 6) is 2.02. The predicted octanol–water partition coefficient (Wildman–Crippen LogP) is 4.06. The van der Waals surface area contributed by atoms with E-state index in [0.29, 0.717) is 28.8 Å². The minimum Gasteiger partial charge on any atom is -0.497 e. The van der Waals surface area contributed by atoms with E-state index in [9.17, 15) is 4.79 Å². The van der Waals surface area contributed by atoms with Gasteiger partial charge in [-0.15, -0.1) is 0 Å². The third-order valence-corrected chi connectivity index (χ3v) is 4.16. The van der Waals surface area contributed by atoms with Crippen LogP contribution in [0.15, 0.2) is 79.6 Å². The van der Waals surface area contributed by atoms with Crippen molar-refractivity contribution in [1.29, 1.82) is 0 Å². The topological polar surface area (TPSA) is 106 Å². The van der Waals surface area contributed by atoms with Gasteiger partial charge < -0.3 is 20.7 Å². The van der Waals surface area contributed by atoms with Crippen LogP contribution in [0.5, 0.6) is 5.75 Å². The molecule has 0 spiro atoms. The Morgan fingerprint density at radius 2 is 1.77 bits per heavy atom. The van der Waals surface area contributed by atoms with Gasteiger partial charge in [0.25, 0.3) is 0 Å². The zero-order valence-electron chi connectivity index (χ0n) is 16.1. The van der Waals surface area contributed by atoms with Gasteiger partial charge in [0, 0.05) is 41.6 Å². The lowest BCUT2D eigenvalue weighted by atomic mass is 10.2. The van der Waals surface area contributed by atoms with Gasteiger partial charge in [-0.25, -0.2) is 19.7 Å². The molecule has 0 aliphatic heterocycles.